The molecule has 35 heavy (non-hydrogen) atoms. The lowest BCUT2D eigenvalue weighted by Crippen LogP contribution is -2.48. The number of hydrogen-bond donors (Lipinski definition) is 2. The van der Waals surface area contributed by atoms with E-state index in [1.807, 2.05) is 24.9 Å². The third kappa shape index (κ3) is 6.07. The number of rotatable bonds is 9. The molecule has 0 radical (unpaired) electrons. The van der Waals surface area contributed by atoms with Crippen LogP contribution in [-0.2, 0) is 16.4 Å². The summed E-state index contributed by atoms with van der Waals surface area (Å²) in [5.41, 5.74) is -0.180. The number of halogens is 3. The van der Waals surface area contributed by atoms with E-state index < -0.39 is 27.5 Å². The van der Waals surface area contributed by atoms with E-state index in [1.165, 1.54) is 12.1 Å². The molecule has 1 aliphatic heterocycles. The van der Waals surface area contributed by atoms with Gasteiger partial charge >= 0.3 is 6.18 Å². The van der Waals surface area contributed by atoms with Gasteiger partial charge in [0, 0.05) is 24.5 Å². The van der Waals surface area contributed by atoms with Gasteiger partial charge in [0.1, 0.15) is 5.75 Å². The lowest BCUT2D eigenvalue weighted by molar-refractivity contribution is -0.137. The minimum atomic E-state index is -4.40. The van der Waals surface area contributed by atoms with E-state index >= 15 is 0 Å². The van der Waals surface area contributed by atoms with Crippen molar-refractivity contribution in [2.24, 2.45) is 11.0 Å². The third-order valence-electron chi connectivity index (χ3n) is 6.57. The number of nitrogens with one attached hydrogen (secondary N) is 2. The van der Waals surface area contributed by atoms with Crippen LogP contribution in [0.4, 0.5) is 13.2 Å². The van der Waals surface area contributed by atoms with Crippen LogP contribution in [0.5, 0.6) is 5.75 Å². The minimum Gasteiger partial charge on any atom is -0.441 e. The molecule has 1 fully saturated rings. The molecule has 2 unspecified atom stereocenters. The zero-order valence-corrected chi connectivity index (χ0v) is 20.6. The lowest BCUT2D eigenvalue weighted by atomic mass is 9.85. The fourth-order valence-corrected chi connectivity index (χ4v) is 5.99. The summed E-state index contributed by atoms with van der Waals surface area (Å²) in [4.78, 5) is 0. The molecule has 1 aromatic rings. The van der Waals surface area contributed by atoms with Crippen LogP contribution in [0.1, 0.15) is 51.5 Å². The first-order valence-corrected chi connectivity index (χ1v) is 13.4. The van der Waals surface area contributed by atoms with Crippen LogP contribution < -0.4 is 14.2 Å². The van der Waals surface area contributed by atoms with Crippen molar-refractivity contribution >= 4 is 16.1 Å². The van der Waals surface area contributed by atoms with Crippen LogP contribution in [0, 0.1) is 5.92 Å². The number of likely N-dealkylation sites (N-methyl/N-ethyl adjacent to an activating group) is 1. The van der Waals surface area contributed by atoms with Crippen LogP contribution in [0.15, 0.2) is 53.2 Å². The second-order valence-electron chi connectivity index (χ2n) is 9.16. The van der Waals surface area contributed by atoms with E-state index in [1.54, 1.807) is 0 Å². The van der Waals surface area contributed by atoms with Gasteiger partial charge in [-0.25, -0.2) is 4.72 Å². The first-order chi connectivity index (χ1) is 16.5. The topological polar surface area (TPSA) is 83.0 Å². The van der Waals surface area contributed by atoms with Gasteiger partial charge in [0.15, 0.2) is 0 Å². The van der Waals surface area contributed by atoms with Crippen LogP contribution in [0.25, 0.3) is 0 Å². The minimum absolute atomic E-state index is 0.0271. The van der Waals surface area contributed by atoms with Crippen LogP contribution >= 0.6 is 0 Å². The molecule has 0 spiro atoms. The molecule has 0 aromatic heterocycles. The first-order valence-electron chi connectivity index (χ1n) is 11.9. The van der Waals surface area contributed by atoms with Crippen LogP contribution in [0.3, 0.4) is 0 Å². The van der Waals surface area contributed by atoms with E-state index in [-0.39, 0.29) is 12.0 Å². The van der Waals surface area contributed by atoms with Crippen molar-refractivity contribution in [3.05, 3.63) is 53.6 Å². The van der Waals surface area contributed by atoms with E-state index in [9.17, 15) is 21.6 Å². The Kier molecular flexibility index (Phi) is 7.31. The van der Waals surface area contributed by atoms with E-state index in [0.29, 0.717) is 31.2 Å². The summed E-state index contributed by atoms with van der Waals surface area (Å²) in [6, 6.07) is 4.47. The van der Waals surface area contributed by atoms with Gasteiger partial charge in [0.2, 0.25) is 5.90 Å². The van der Waals surface area contributed by atoms with E-state index in [2.05, 4.69) is 26.7 Å². The lowest BCUT2D eigenvalue weighted by Gasteiger charge is -2.30. The summed E-state index contributed by atoms with van der Waals surface area (Å²) >= 11 is 0. The molecular formula is C24H31F3N4O3S. The summed E-state index contributed by atoms with van der Waals surface area (Å²) in [5, 5.41) is 6.43. The molecule has 192 valence electrons. The van der Waals surface area contributed by atoms with Crippen molar-refractivity contribution < 1.29 is 26.3 Å². The molecule has 2 N–H and O–H groups in total. The van der Waals surface area contributed by atoms with Gasteiger partial charge in [-0.3, -0.25) is 5.01 Å². The zero-order valence-electron chi connectivity index (χ0n) is 19.8. The number of ether oxygens (including phenoxy) is 1. The van der Waals surface area contributed by atoms with Gasteiger partial charge in [-0.05, 0) is 62.4 Å². The second kappa shape index (κ2) is 9.94. The average Bonchev–Trinajstić information content (AvgIpc) is 3.47. The Morgan fingerprint density at radius 2 is 1.91 bits per heavy atom. The molecular weight excluding hydrogens is 481 g/mol. The Balaban J connectivity index is 1.44. The number of hydrogen-bond acceptors (Lipinski definition) is 5. The number of benzene rings is 1. The predicted octanol–water partition coefficient (Wildman–Crippen LogP) is 4.36. The standard InChI is InChI=1S/C24H31F3N4O3S/c1-3-14-28-35(32,33)30-23(12-13-23)19-7-5-6-17(15-19)21-16-22(29-31(21)4-2)34-20-10-8-18(9-11-20)24(25,26)27/h5-6,8-11,15,19,21,28,30H,3-4,7,12-14,16H2,1-2H3. The monoisotopic (exact) mass is 512 g/mol. The Morgan fingerprint density at radius 1 is 1.20 bits per heavy atom. The first kappa shape index (κ1) is 25.7. The zero-order chi connectivity index (χ0) is 25.3. The number of alkyl halides is 3. The van der Waals surface area contributed by atoms with Crippen molar-refractivity contribution in [1.82, 2.24) is 14.5 Å². The normalized spacial score (nSPS) is 23.7. The van der Waals surface area contributed by atoms with Gasteiger partial charge in [0.25, 0.3) is 10.2 Å². The maximum absolute atomic E-state index is 12.8. The highest BCUT2D eigenvalue weighted by Crippen LogP contribution is 2.47. The Hall–Kier alpha value is -2.37. The molecule has 11 heteroatoms. The maximum atomic E-state index is 12.8. The Bertz CT molecular complexity index is 1110. The molecule has 1 aromatic carbocycles. The molecule has 2 atom stereocenters. The highest BCUT2D eigenvalue weighted by Gasteiger charge is 2.51. The maximum Gasteiger partial charge on any atom is 0.416 e. The second-order valence-corrected chi connectivity index (χ2v) is 10.7. The van der Waals surface area contributed by atoms with Crippen LogP contribution in [0.2, 0.25) is 0 Å². The summed E-state index contributed by atoms with van der Waals surface area (Å²) in [5.74, 6) is 0.753. The van der Waals surface area contributed by atoms with Crippen molar-refractivity contribution in [3.8, 4) is 5.75 Å². The average molecular weight is 513 g/mol. The van der Waals surface area contributed by atoms with E-state index in [4.69, 9.17) is 4.74 Å². The van der Waals surface area contributed by atoms with Crippen molar-refractivity contribution in [2.45, 2.75) is 63.7 Å². The predicted molar refractivity (Wildman–Crippen MR) is 128 cm³/mol. The van der Waals surface area contributed by atoms with Gasteiger partial charge in [0.05, 0.1) is 18.0 Å². The highest BCUT2D eigenvalue weighted by molar-refractivity contribution is 7.87. The van der Waals surface area contributed by atoms with E-state index in [0.717, 1.165) is 43.4 Å². The summed E-state index contributed by atoms with van der Waals surface area (Å²) in [6.45, 7) is 4.90. The van der Waals surface area contributed by atoms with Gasteiger partial charge in [-0.1, -0.05) is 25.2 Å². The number of allylic oxidation sites excluding steroid dienone is 1. The molecule has 0 bridgehead atoms. The molecule has 0 saturated heterocycles. The molecule has 1 saturated carbocycles. The molecule has 3 aliphatic rings. The summed E-state index contributed by atoms with van der Waals surface area (Å²) < 4.78 is 74.6. The van der Waals surface area contributed by atoms with Crippen molar-refractivity contribution in [3.63, 3.8) is 0 Å². The smallest absolute Gasteiger partial charge is 0.416 e. The number of nitrogens with zero attached hydrogens (tertiary/aromatic N) is 2. The third-order valence-corrected chi connectivity index (χ3v) is 7.83. The highest BCUT2D eigenvalue weighted by atomic mass is 32.2. The fraction of sp³-hybridized carbons (Fsp3) is 0.542. The largest absolute Gasteiger partial charge is 0.441 e. The number of hydrazone groups is 1. The molecule has 7 nitrogen and oxygen atoms in total. The molecule has 2 aliphatic carbocycles. The summed E-state index contributed by atoms with van der Waals surface area (Å²) in [6.07, 6.45) is 5.34. The van der Waals surface area contributed by atoms with Gasteiger partial charge < -0.3 is 4.74 Å². The molecule has 1 heterocycles. The SMILES string of the molecule is CCCNS(=O)(=O)NC1(C2C=C(C3CC(Oc4ccc(C(F)(F)F)cc4)=NN3CC)C=CC2)CC1. The van der Waals surface area contributed by atoms with Gasteiger partial charge in [-0.15, -0.1) is 5.10 Å². The Morgan fingerprint density at radius 3 is 2.51 bits per heavy atom. The molecule has 4 rings (SSSR count). The molecule has 0 amide bonds. The van der Waals surface area contributed by atoms with Crippen molar-refractivity contribution in [1.29, 1.82) is 0 Å². The quantitative estimate of drug-likeness (QED) is 0.515. The van der Waals surface area contributed by atoms with Gasteiger partial charge in [-0.2, -0.15) is 26.3 Å². The van der Waals surface area contributed by atoms with Crippen LogP contribution in [-0.4, -0.2) is 44.0 Å². The Labute approximate surface area is 204 Å². The summed E-state index contributed by atoms with van der Waals surface area (Å²) in [7, 11) is -3.57. The fourth-order valence-electron chi connectivity index (χ4n) is 4.55. The van der Waals surface area contributed by atoms with Crippen molar-refractivity contribution in [2.75, 3.05) is 13.1 Å².